The Morgan fingerprint density at radius 3 is 2.50 bits per heavy atom. The molecule has 0 amide bonds. The summed E-state index contributed by atoms with van der Waals surface area (Å²) in [6, 6.07) is 13.5. The van der Waals surface area contributed by atoms with Gasteiger partial charge < -0.3 is 5.32 Å². The molecule has 2 aromatic rings. The molecule has 1 aromatic heterocycles. The van der Waals surface area contributed by atoms with E-state index in [0.29, 0.717) is 12.0 Å². The Morgan fingerprint density at radius 2 is 1.85 bits per heavy atom. The van der Waals surface area contributed by atoms with Gasteiger partial charge in [0.15, 0.2) is 0 Å². The number of aryl methyl sites for hydroxylation is 1. The highest BCUT2D eigenvalue weighted by Gasteiger charge is 2.13. The summed E-state index contributed by atoms with van der Waals surface area (Å²) in [7, 11) is 0. The van der Waals surface area contributed by atoms with Gasteiger partial charge in [-0.3, -0.25) is 4.98 Å². The zero-order chi connectivity index (χ0) is 14.4. The number of hydrogen-bond donors (Lipinski definition) is 1. The third kappa shape index (κ3) is 4.46. The van der Waals surface area contributed by atoms with Crippen LogP contribution in [0.5, 0.6) is 0 Å². The fourth-order valence-corrected chi connectivity index (χ4v) is 2.42. The van der Waals surface area contributed by atoms with Crippen LogP contribution in [0.4, 0.5) is 0 Å². The molecule has 106 valence electrons. The molecule has 1 N–H and O–H groups in total. The molecule has 0 aliphatic heterocycles. The second-order valence-corrected chi connectivity index (χ2v) is 5.75. The van der Waals surface area contributed by atoms with Gasteiger partial charge >= 0.3 is 0 Å². The lowest BCUT2D eigenvalue weighted by Gasteiger charge is -2.20. The summed E-state index contributed by atoms with van der Waals surface area (Å²) in [5, 5.41) is 3.56. The number of benzene rings is 1. The maximum Gasteiger partial charge on any atom is 0.0300 e. The van der Waals surface area contributed by atoms with Crippen molar-refractivity contribution in [2.24, 2.45) is 0 Å². The van der Waals surface area contributed by atoms with Gasteiger partial charge in [-0.05, 0) is 30.0 Å². The van der Waals surface area contributed by atoms with Crippen molar-refractivity contribution in [1.29, 1.82) is 0 Å². The van der Waals surface area contributed by atoms with Crippen molar-refractivity contribution in [1.82, 2.24) is 10.3 Å². The Bertz CT molecular complexity index is 520. The second kappa shape index (κ2) is 7.20. The lowest BCUT2D eigenvalue weighted by Crippen LogP contribution is -2.29. The fraction of sp³-hybridized carbons (Fsp3) is 0.389. The van der Waals surface area contributed by atoms with E-state index < -0.39 is 0 Å². The maximum atomic E-state index is 4.31. The van der Waals surface area contributed by atoms with Crippen LogP contribution in [0.2, 0.25) is 0 Å². The summed E-state index contributed by atoms with van der Waals surface area (Å²) in [6.45, 7) is 7.47. The molecule has 20 heavy (non-hydrogen) atoms. The molecular weight excluding hydrogens is 244 g/mol. The Hall–Kier alpha value is -1.67. The lowest BCUT2D eigenvalue weighted by atomic mass is 9.92. The summed E-state index contributed by atoms with van der Waals surface area (Å²) in [6.07, 6.45) is 4.92. The van der Waals surface area contributed by atoms with Crippen LogP contribution >= 0.6 is 0 Å². The van der Waals surface area contributed by atoms with E-state index in [-0.39, 0.29) is 0 Å². The standard InChI is InChI=1S/C18H24N2/c1-14(2)20-13-18(17-7-5-4-6-8-17)10-16-9-15(3)11-19-12-16/h4-9,11-12,14,18,20H,10,13H2,1-3H3. The largest absolute Gasteiger partial charge is 0.314 e. The van der Waals surface area contributed by atoms with Crippen molar-refractivity contribution in [2.45, 2.75) is 39.2 Å². The molecule has 0 bridgehead atoms. The van der Waals surface area contributed by atoms with Gasteiger partial charge in [0.25, 0.3) is 0 Å². The molecule has 0 aliphatic carbocycles. The molecule has 2 heteroatoms. The van der Waals surface area contributed by atoms with Crippen molar-refractivity contribution in [3.63, 3.8) is 0 Å². The minimum Gasteiger partial charge on any atom is -0.314 e. The Balaban J connectivity index is 2.14. The minimum absolute atomic E-state index is 0.488. The molecule has 2 nitrogen and oxygen atoms in total. The average molecular weight is 268 g/mol. The molecular formula is C18H24N2. The summed E-state index contributed by atoms with van der Waals surface area (Å²) in [4.78, 5) is 4.31. The van der Waals surface area contributed by atoms with E-state index in [1.165, 1.54) is 16.7 Å². The molecule has 1 heterocycles. The smallest absolute Gasteiger partial charge is 0.0300 e. The first-order valence-corrected chi connectivity index (χ1v) is 7.34. The zero-order valence-electron chi connectivity index (χ0n) is 12.6. The third-order valence-corrected chi connectivity index (χ3v) is 3.46. The van der Waals surface area contributed by atoms with Crippen LogP contribution in [0.3, 0.4) is 0 Å². The summed E-state index contributed by atoms with van der Waals surface area (Å²) < 4.78 is 0. The van der Waals surface area contributed by atoms with Gasteiger partial charge in [-0.1, -0.05) is 50.2 Å². The third-order valence-electron chi connectivity index (χ3n) is 3.46. The molecule has 2 rings (SSSR count). The topological polar surface area (TPSA) is 24.9 Å². The van der Waals surface area contributed by atoms with Crippen LogP contribution in [0, 0.1) is 6.92 Å². The van der Waals surface area contributed by atoms with Crippen molar-refractivity contribution < 1.29 is 0 Å². The van der Waals surface area contributed by atoms with Crippen LogP contribution in [-0.4, -0.2) is 17.6 Å². The number of hydrogen-bond acceptors (Lipinski definition) is 2. The van der Waals surface area contributed by atoms with Crippen LogP contribution in [0.1, 0.15) is 36.5 Å². The summed E-state index contributed by atoms with van der Waals surface area (Å²) in [5.74, 6) is 0.488. The van der Waals surface area contributed by atoms with E-state index >= 15 is 0 Å². The Morgan fingerprint density at radius 1 is 1.10 bits per heavy atom. The summed E-state index contributed by atoms with van der Waals surface area (Å²) >= 11 is 0. The van der Waals surface area contributed by atoms with Gasteiger partial charge in [-0.15, -0.1) is 0 Å². The monoisotopic (exact) mass is 268 g/mol. The van der Waals surface area contributed by atoms with Gasteiger partial charge in [-0.2, -0.15) is 0 Å². The number of nitrogens with one attached hydrogen (secondary N) is 1. The molecule has 1 aromatic carbocycles. The molecule has 0 saturated heterocycles. The second-order valence-electron chi connectivity index (χ2n) is 5.75. The van der Waals surface area contributed by atoms with Crippen LogP contribution in [-0.2, 0) is 6.42 Å². The van der Waals surface area contributed by atoms with Crippen molar-refractivity contribution in [2.75, 3.05) is 6.54 Å². The maximum absolute atomic E-state index is 4.31. The van der Waals surface area contributed by atoms with E-state index in [9.17, 15) is 0 Å². The first kappa shape index (κ1) is 14.7. The van der Waals surface area contributed by atoms with Crippen LogP contribution in [0.25, 0.3) is 0 Å². The van der Waals surface area contributed by atoms with Gasteiger partial charge in [0.1, 0.15) is 0 Å². The highest BCUT2D eigenvalue weighted by atomic mass is 14.9. The highest BCUT2D eigenvalue weighted by molar-refractivity contribution is 5.25. The number of pyridine rings is 1. The first-order chi connectivity index (χ1) is 9.65. The molecule has 0 saturated carbocycles. The number of nitrogens with zero attached hydrogens (tertiary/aromatic N) is 1. The van der Waals surface area contributed by atoms with Gasteiger partial charge in [0.2, 0.25) is 0 Å². The molecule has 1 atom stereocenters. The van der Waals surface area contributed by atoms with E-state index in [0.717, 1.165) is 13.0 Å². The number of aromatic nitrogens is 1. The molecule has 0 spiro atoms. The SMILES string of the molecule is Cc1cncc(CC(CNC(C)C)c2ccccc2)c1. The van der Waals surface area contributed by atoms with Crippen molar-refractivity contribution >= 4 is 0 Å². The normalized spacial score (nSPS) is 12.6. The zero-order valence-corrected chi connectivity index (χ0v) is 12.6. The fourth-order valence-electron chi connectivity index (χ4n) is 2.42. The van der Waals surface area contributed by atoms with Crippen molar-refractivity contribution in [3.05, 3.63) is 65.5 Å². The quantitative estimate of drug-likeness (QED) is 0.864. The van der Waals surface area contributed by atoms with Crippen LogP contribution in [0.15, 0.2) is 48.8 Å². The molecule has 1 unspecified atom stereocenters. The predicted molar refractivity (Wildman–Crippen MR) is 85.0 cm³/mol. The molecule has 0 radical (unpaired) electrons. The van der Waals surface area contributed by atoms with Gasteiger partial charge in [0, 0.05) is 30.9 Å². The van der Waals surface area contributed by atoms with Gasteiger partial charge in [-0.25, -0.2) is 0 Å². The van der Waals surface area contributed by atoms with E-state index in [4.69, 9.17) is 0 Å². The van der Waals surface area contributed by atoms with E-state index in [2.05, 4.69) is 67.5 Å². The van der Waals surface area contributed by atoms with Crippen molar-refractivity contribution in [3.8, 4) is 0 Å². The van der Waals surface area contributed by atoms with Crippen LogP contribution < -0.4 is 5.32 Å². The van der Waals surface area contributed by atoms with Gasteiger partial charge in [0.05, 0.1) is 0 Å². The number of rotatable bonds is 6. The average Bonchev–Trinajstić information content (AvgIpc) is 2.44. The first-order valence-electron chi connectivity index (χ1n) is 7.34. The Labute approximate surface area is 122 Å². The molecule has 0 aliphatic rings. The Kier molecular flexibility index (Phi) is 5.31. The minimum atomic E-state index is 0.488. The lowest BCUT2D eigenvalue weighted by molar-refractivity contribution is 0.526. The summed E-state index contributed by atoms with van der Waals surface area (Å²) in [5.41, 5.74) is 3.93. The predicted octanol–water partition coefficient (Wildman–Crippen LogP) is 3.71. The highest BCUT2D eigenvalue weighted by Crippen LogP contribution is 2.20. The molecule has 0 fully saturated rings. The van der Waals surface area contributed by atoms with E-state index in [1.54, 1.807) is 0 Å². The van der Waals surface area contributed by atoms with E-state index in [1.807, 2.05) is 12.4 Å².